The summed E-state index contributed by atoms with van der Waals surface area (Å²) >= 11 is 0. The van der Waals surface area contributed by atoms with Crippen molar-refractivity contribution in [3.63, 3.8) is 0 Å². The minimum atomic E-state index is 0.601. The highest BCUT2D eigenvalue weighted by Gasteiger charge is 2.22. The molecule has 3 rings (SSSR count). The molecule has 1 saturated heterocycles. The van der Waals surface area contributed by atoms with Crippen LogP contribution in [0.5, 0.6) is 11.5 Å². The van der Waals surface area contributed by atoms with Gasteiger partial charge in [-0.05, 0) is 26.3 Å². The van der Waals surface area contributed by atoms with Crippen LogP contribution < -0.4 is 14.8 Å². The van der Waals surface area contributed by atoms with E-state index in [1.165, 1.54) is 12.8 Å². The van der Waals surface area contributed by atoms with Gasteiger partial charge in [-0.1, -0.05) is 0 Å². The quantitative estimate of drug-likeness (QED) is 0.806. The smallest absolute Gasteiger partial charge is 0.186 e. The molecule has 0 bridgehead atoms. The number of nitrogens with one attached hydrogen (secondary N) is 1. The van der Waals surface area contributed by atoms with E-state index in [0.29, 0.717) is 25.3 Å². The topological polar surface area (TPSA) is 46.6 Å². The Morgan fingerprint density at radius 3 is 3.00 bits per heavy atom. The van der Waals surface area contributed by atoms with Crippen LogP contribution >= 0.6 is 0 Å². The zero-order valence-corrected chi connectivity index (χ0v) is 12.3. The number of ether oxygens (including phenoxy) is 2. The number of rotatable bonds is 3. The van der Waals surface area contributed by atoms with Gasteiger partial charge in [0.1, 0.15) is 13.2 Å². The predicted octanol–water partition coefficient (Wildman–Crippen LogP) is 0.343. The number of hydrogen-bond acceptors (Lipinski definition) is 5. The van der Waals surface area contributed by atoms with Crippen LogP contribution in [0.1, 0.15) is 25.5 Å². The molecule has 2 aliphatic rings. The maximum absolute atomic E-state index is 5.61. The molecular weight excluding hydrogens is 253 g/mol. The van der Waals surface area contributed by atoms with Gasteiger partial charge in [0.2, 0.25) is 0 Å². The SMILES string of the molecule is BN(Cc1cc2c(cn1)OCCO2)C1CCNC(C)C1. The van der Waals surface area contributed by atoms with E-state index in [0.717, 1.165) is 30.3 Å². The normalized spacial score (nSPS) is 25.7. The average Bonchev–Trinajstić information content (AvgIpc) is 2.47. The lowest BCUT2D eigenvalue weighted by molar-refractivity contribution is 0.170. The van der Waals surface area contributed by atoms with Crippen molar-refractivity contribution in [1.82, 2.24) is 15.1 Å². The highest BCUT2D eigenvalue weighted by Crippen LogP contribution is 2.29. The van der Waals surface area contributed by atoms with Crippen molar-refractivity contribution >= 4 is 7.98 Å². The second-order valence-electron chi connectivity index (χ2n) is 5.77. The van der Waals surface area contributed by atoms with Crippen molar-refractivity contribution in [2.24, 2.45) is 0 Å². The van der Waals surface area contributed by atoms with Crippen molar-refractivity contribution < 1.29 is 9.47 Å². The highest BCUT2D eigenvalue weighted by molar-refractivity contribution is 6.04. The fraction of sp³-hybridized carbons (Fsp3) is 0.643. The first kappa shape index (κ1) is 13.7. The van der Waals surface area contributed by atoms with E-state index in [1.807, 2.05) is 6.07 Å². The fourth-order valence-electron chi connectivity index (χ4n) is 2.97. The molecule has 1 fully saturated rings. The van der Waals surface area contributed by atoms with E-state index >= 15 is 0 Å². The van der Waals surface area contributed by atoms with Crippen LogP contribution in [-0.2, 0) is 6.54 Å². The Morgan fingerprint density at radius 1 is 1.40 bits per heavy atom. The molecule has 2 unspecified atom stereocenters. The Kier molecular flexibility index (Phi) is 4.12. The number of aromatic nitrogens is 1. The van der Waals surface area contributed by atoms with E-state index in [4.69, 9.17) is 9.47 Å². The minimum absolute atomic E-state index is 0.601. The third kappa shape index (κ3) is 3.07. The van der Waals surface area contributed by atoms with E-state index in [9.17, 15) is 0 Å². The third-order valence-electron chi connectivity index (χ3n) is 4.12. The lowest BCUT2D eigenvalue weighted by Crippen LogP contribution is -2.45. The number of fused-ring (bicyclic) bond motifs is 1. The van der Waals surface area contributed by atoms with Gasteiger partial charge in [0.15, 0.2) is 19.5 Å². The second-order valence-corrected chi connectivity index (χ2v) is 5.77. The van der Waals surface area contributed by atoms with Gasteiger partial charge in [0, 0.05) is 24.7 Å². The summed E-state index contributed by atoms with van der Waals surface area (Å²) in [5, 5.41) is 3.49. The van der Waals surface area contributed by atoms with Crippen molar-refractivity contribution in [2.45, 2.75) is 38.4 Å². The largest absolute Gasteiger partial charge is 0.486 e. The summed E-state index contributed by atoms with van der Waals surface area (Å²) in [6, 6.07) is 3.24. The van der Waals surface area contributed by atoms with Gasteiger partial charge in [-0.3, -0.25) is 4.98 Å². The van der Waals surface area contributed by atoms with Gasteiger partial charge >= 0.3 is 0 Å². The summed E-state index contributed by atoms with van der Waals surface area (Å²) in [4.78, 5) is 6.88. The standard InChI is InChI=1S/C14H22BN3O2/c1-10-6-12(2-3-16-10)18(15)9-11-7-13-14(8-17-11)20-5-4-19-13/h7-8,10,12,16H,2-6,9,15H2,1H3. The molecule has 0 amide bonds. The van der Waals surface area contributed by atoms with E-state index in [1.54, 1.807) is 6.20 Å². The van der Waals surface area contributed by atoms with Crippen LogP contribution in [-0.4, -0.2) is 49.6 Å². The molecule has 108 valence electrons. The molecule has 1 aromatic rings. The lowest BCUT2D eigenvalue weighted by atomic mass is 9.96. The Morgan fingerprint density at radius 2 is 2.20 bits per heavy atom. The molecule has 20 heavy (non-hydrogen) atoms. The second kappa shape index (κ2) is 6.02. The van der Waals surface area contributed by atoms with Gasteiger partial charge in [0.25, 0.3) is 0 Å². The van der Waals surface area contributed by atoms with Crippen LogP contribution in [0.25, 0.3) is 0 Å². The zero-order valence-electron chi connectivity index (χ0n) is 12.3. The molecule has 1 N–H and O–H groups in total. The average molecular weight is 275 g/mol. The van der Waals surface area contributed by atoms with Gasteiger partial charge in [-0.2, -0.15) is 0 Å². The van der Waals surface area contributed by atoms with Crippen molar-refractivity contribution in [3.8, 4) is 11.5 Å². The first-order valence-corrected chi connectivity index (χ1v) is 7.40. The summed E-state index contributed by atoms with van der Waals surface area (Å²) in [7, 11) is 2.18. The molecule has 2 aliphatic heterocycles. The maximum Gasteiger partial charge on any atom is 0.186 e. The van der Waals surface area contributed by atoms with Crippen LogP contribution in [0.2, 0.25) is 0 Å². The van der Waals surface area contributed by atoms with E-state index < -0.39 is 0 Å². The van der Waals surface area contributed by atoms with Crippen LogP contribution in [0.3, 0.4) is 0 Å². The number of hydrogen-bond donors (Lipinski definition) is 1. The third-order valence-corrected chi connectivity index (χ3v) is 4.12. The van der Waals surface area contributed by atoms with Crippen LogP contribution in [0, 0.1) is 0 Å². The molecule has 1 aromatic heterocycles. The molecule has 0 spiro atoms. The minimum Gasteiger partial charge on any atom is -0.486 e. The predicted molar refractivity (Wildman–Crippen MR) is 79.8 cm³/mol. The molecule has 0 saturated carbocycles. The number of nitrogens with zero attached hydrogens (tertiary/aromatic N) is 2. The molecule has 6 heteroatoms. The zero-order chi connectivity index (χ0) is 13.9. The molecule has 2 atom stereocenters. The molecule has 3 heterocycles. The molecular formula is C14H22BN3O2. The highest BCUT2D eigenvalue weighted by atomic mass is 16.6. The van der Waals surface area contributed by atoms with Crippen molar-refractivity contribution in [3.05, 3.63) is 18.0 Å². The summed E-state index contributed by atoms with van der Waals surface area (Å²) in [6.07, 6.45) is 4.18. The molecule has 5 nitrogen and oxygen atoms in total. The van der Waals surface area contributed by atoms with E-state index in [-0.39, 0.29) is 0 Å². The summed E-state index contributed by atoms with van der Waals surface area (Å²) in [6.45, 7) is 5.44. The molecule has 0 aliphatic carbocycles. The first-order valence-electron chi connectivity index (χ1n) is 7.40. The monoisotopic (exact) mass is 275 g/mol. The van der Waals surface area contributed by atoms with Gasteiger partial charge < -0.3 is 19.6 Å². The Balaban J connectivity index is 1.64. The fourth-order valence-corrected chi connectivity index (χ4v) is 2.97. The van der Waals surface area contributed by atoms with Crippen molar-refractivity contribution in [2.75, 3.05) is 19.8 Å². The first-order chi connectivity index (χ1) is 9.72. The summed E-state index contributed by atoms with van der Waals surface area (Å²) < 4.78 is 11.1. The van der Waals surface area contributed by atoms with Crippen LogP contribution in [0.4, 0.5) is 0 Å². The Bertz CT molecular complexity index is 472. The number of pyridine rings is 1. The molecule has 0 aromatic carbocycles. The maximum atomic E-state index is 5.61. The van der Waals surface area contributed by atoms with Crippen molar-refractivity contribution in [1.29, 1.82) is 0 Å². The Labute approximate surface area is 121 Å². The number of piperidine rings is 1. The lowest BCUT2D eigenvalue weighted by Gasteiger charge is -2.35. The van der Waals surface area contributed by atoms with Gasteiger partial charge in [-0.15, -0.1) is 0 Å². The molecule has 0 radical (unpaired) electrons. The van der Waals surface area contributed by atoms with Gasteiger partial charge in [0.05, 0.1) is 11.9 Å². The van der Waals surface area contributed by atoms with Crippen LogP contribution in [0.15, 0.2) is 12.3 Å². The van der Waals surface area contributed by atoms with E-state index in [2.05, 4.69) is 30.0 Å². The summed E-state index contributed by atoms with van der Waals surface area (Å²) in [5.41, 5.74) is 1.04. The summed E-state index contributed by atoms with van der Waals surface area (Å²) in [5.74, 6) is 1.59. The Hall–Kier alpha value is -1.27. The van der Waals surface area contributed by atoms with Gasteiger partial charge in [-0.25, -0.2) is 0 Å².